The summed E-state index contributed by atoms with van der Waals surface area (Å²) < 4.78 is 5.86. The lowest BCUT2D eigenvalue weighted by Crippen LogP contribution is -2.22. The second-order valence-corrected chi connectivity index (χ2v) is 8.21. The van der Waals surface area contributed by atoms with E-state index in [1.807, 2.05) is 0 Å². The summed E-state index contributed by atoms with van der Waals surface area (Å²) in [6.07, 6.45) is 2.02. The summed E-state index contributed by atoms with van der Waals surface area (Å²) >= 11 is 12.0. The molecule has 0 bridgehead atoms. The number of carbonyl (C=O) groups excluding carboxylic acids is 2. The molecule has 0 saturated carbocycles. The first kappa shape index (κ1) is 21.9. The molecule has 3 aromatic rings. The van der Waals surface area contributed by atoms with Crippen molar-refractivity contribution in [2.45, 2.75) is 26.2 Å². The molecule has 0 aliphatic heterocycles. The molecule has 1 aliphatic rings. The first-order chi connectivity index (χ1) is 15.3. The number of amides is 2. The number of anilines is 1. The number of nitrogens with zero attached hydrogens (tertiary/aromatic N) is 1. The maximum absolute atomic E-state index is 12.8. The van der Waals surface area contributed by atoms with Gasteiger partial charge in [-0.15, -0.1) is 0 Å². The number of phenolic OH excluding ortho intramolecular Hbond substituents is 1. The van der Waals surface area contributed by atoms with Crippen LogP contribution in [0.1, 0.15) is 50.6 Å². The predicted molar refractivity (Wildman–Crippen MR) is 123 cm³/mol. The molecule has 1 aliphatic carbocycles. The Bertz CT molecular complexity index is 1230. The molecule has 164 valence electrons. The molecule has 0 fully saturated rings. The Morgan fingerprint density at radius 3 is 2.50 bits per heavy atom. The molecule has 0 atom stereocenters. The average Bonchev–Trinajstić information content (AvgIpc) is 3.09. The molecule has 0 spiro atoms. The van der Waals surface area contributed by atoms with Gasteiger partial charge >= 0.3 is 0 Å². The second-order valence-electron chi connectivity index (χ2n) is 7.34. The van der Waals surface area contributed by atoms with Crippen molar-refractivity contribution in [1.82, 2.24) is 5.43 Å². The van der Waals surface area contributed by atoms with Gasteiger partial charge in [-0.25, -0.2) is 5.43 Å². The highest BCUT2D eigenvalue weighted by Gasteiger charge is 2.28. The Morgan fingerprint density at radius 2 is 1.78 bits per heavy atom. The Morgan fingerprint density at radius 1 is 1.06 bits per heavy atom. The van der Waals surface area contributed by atoms with Gasteiger partial charge in [0.05, 0.1) is 11.3 Å². The van der Waals surface area contributed by atoms with E-state index in [0.29, 0.717) is 51.2 Å². The fourth-order valence-electron chi connectivity index (χ4n) is 3.65. The Labute approximate surface area is 194 Å². The third-order valence-electron chi connectivity index (χ3n) is 5.09. The largest absolute Gasteiger partial charge is 0.507 e. The highest BCUT2D eigenvalue weighted by atomic mass is 35.5. The van der Waals surface area contributed by atoms with Gasteiger partial charge in [0, 0.05) is 33.3 Å². The lowest BCUT2D eigenvalue weighted by atomic mass is 9.93. The molecule has 2 aromatic carbocycles. The van der Waals surface area contributed by atoms with Crippen LogP contribution in [0.2, 0.25) is 10.0 Å². The van der Waals surface area contributed by atoms with Crippen molar-refractivity contribution in [2.24, 2.45) is 5.10 Å². The number of fused-ring (bicyclic) bond motifs is 1. The molecule has 1 aromatic heterocycles. The number of rotatable bonds is 4. The standard InChI is InChI=1S/C23H19Cl2N3O4/c1-12-20-17(27-28-22(30)16-5-2-3-7-18(16)29)6-4-8-19(20)32-21(12)23(31)26-15-10-13(24)9-14(25)11-15/h2-3,5,7,9-11,29H,4,6,8H2,1H3,(H,26,31)(H,28,30)/b27-17+. The first-order valence-corrected chi connectivity index (χ1v) is 10.6. The van der Waals surface area contributed by atoms with E-state index in [0.717, 1.165) is 6.42 Å². The first-order valence-electron chi connectivity index (χ1n) is 9.88. The van der Waals surface area contributed by atoms with Gasteiger partial charge in [0.1, 0.15) is 11.5 Å². The molecular weight excluding hydrogens is 453 g/mol. The van der Waals surface area contributed by atoms with Crippen LogP contribution in [0.25, 0.3) is 0 Å². The average molecular weight is 472 g/mol. The quantitative estimate of drug-likeness (QED) is 0.447. The van der Waals surface area contributed by atoms with E-state index < -0.39 is 11.8 Å². The minimum atomic E-state index is -0.528. The summed E-state index contributed by atoms with van der Waals surface area (Å²) in [5.41, 5.74) is 5.01. The molecular formula is C23H19Cl2N3O4. The summed E-state index contributed by atoms with van der Waals surface area (Å²) in [4.78, 5) is 25.2. The number of benzene rings is 2. The van der Waals surface area contributed by atoms with Crippen LogP contribution in [0.15, 0.2) is 52.0 Å². The number of para-hydroxylation sites is 1. The van der Waals surface area contributed by atoms with E-state index in [9.17, 15) is 14.7 Å². The van der Waals surface area contributed by atoms with Crippen LogP contribution in [-0.2, 0) is 6.42 Å². The van der Waals surface area contributed by atoms with Gasteiger partial charge < -0.3 is 14.8 Å². The molecule has 1 heterocycles. The number of nitrogens with one attached hydrogen (secondary N) is 2. The van der Waals surface area contributed by atoms with Crippen molar-refractivity contribution in [3.63, 3.8) is 0 Å². The van der Waals surface area contributed by atoms with Crippen molar-refractivity contribution < 1.29 is 19.1 Å². The Balaban J connectivity index is 1.58. The zero-order valence-electron chi connectivity index (χ0n) is 17.0. The van der Waals surface area contributed by atoms with Crippen molar-refractivity contribution in [2.75, 3.05) is 5.32 Å². The molecule has 32 heavy (non-hydrogen) atoms. The zero-order chi connectivity index (χ0) is 22.8. The number of hydrogen-bond acceptors (Lipinski definition) is 5. The highest BCUT2D eigenvalue weighted by molar-refractivity contribution is 6.35. The molecule has 0 saturated heterocycles. The fraction of sp³-hybridized carbons (Fsp3) is 0.174. The van der Waals surface area contributed by atoms with E-state index in [1.165, 1.54) is 12.1 Å². The summed E-state index contributed by atoms with van der Waals surface area (Å²) in [6, 6.07) is 11.0. The van der Waals surface area contributed by atoms with Gasteiger partial charge in [0.15, 0.2) is 5.76 Å². The van der Waals surface area contributed by atoms with E-state index >= 15 is 0 Å². The highest BCUT2D eigenvalue weighted by Crippen LogP contribution is 2.31. The summed E-state index contributed by atoms with van der Waals surface area (Å²) in [5, 5.41) is 17.7. The Kier molecular flexibility index (Phi) is 6.21. The van der Waals surface area contributed by atoms with Crippen LogP contribution in [-0.4, -0.2) is 22.6 Å². The summed E-state index contributed by atoms with van der Waals surface area (Å²) in [6.45, 7) is 1.77. The molecule has 4 rings (SSSR count). The fourth-order valence-corrected chi connectivity index (χ4v) is 4.18. The SMILES string of the molecule is Cc1c(C(=O)Nc2cc(Cl)cc(Cl)c2)oc2c1/C(=N/NC(=O)c1ccccc1O)CCC2. The minimum absolute atomic E-state index is 0.122. The normalized spacial score (nSPS) is 14.2. The predicted octanol–water partition coefficient (Wildman–Crippen LogP) is 5.32. The zero-order valence-corrected chi connectivity index (χ0v) is 18.5. The van der Waals surface area contributed by atoms with Gasteiger partial charge in [0.25, 0.3) is 11.8 Å². The molecule has 7 nitrogen and oxygen atoms in total. The Hall–Kier alpha value is -3.29. The number of hydrazone groups is 1. The van der Waals surface area contributed by atoms with E-state index in [4.69, 9.17) is 27.6 Å². The minimum Gasteiger partial charge on any atom is -0.507 e. The van der Waals surface area contributed by atoms with E-state index in [2.05, 4.69) is 15.8 Å². The van der Waals surface area contributed by atoms with Crippen LogP contribution >= 0.6 is 23.2 Å². The summed E-state index contributed by atoms with van der Waals surface area (Å²) in [7, 11) is 0. The number of aromatic hydroxyl groups is 1. The van der Waals surface area contributed by atoms with Crippen molar-refractivity contribution >= 4 is 46.4 Å². The summed E-state index contributed by atoms with van der Waals surface area (Å²) in [5.74, 6) is -0.298. The maximum Gasteiger partial charge on any atom is 0.291 e. The topological polar surface area (TPSA) is 104 Å². The third-order valence-corrected chi connectivity index (χ3v) is 5.53. The van der Waals surface area contributed by atoms with E-state index in [-0.39, 0.29) is 17.1 Å². The van der Waals surface area contributed by atoms with Crippen molar-refractivity contribution in [3.8, 4) is 5.75 Å². The number of furan rings is 1. The number of hydrogen-bond donors (Lipinski definition) is 3. The molecule has 3 N–H and O–H groups in total. The lowest BCUT2D eigenvalue weighted by Gasteiger charge is -2.13. The number of phenols is 1. The number of carbonyl (C=O) groups is 2. The molecule has 9 heteroatoms. The van der Waals surface area contributed by atoms with Gasteiger partial charge in [-0.1, -0.05) is 35.3 Å². The molecule has 2 amide bonds. The van der Waals surface area contributed by atoms with Gasteiger partial charge in [-0.05, 0) is 50.1 Å². The van der Waals surface area contributed by atoms with Gasteiger partial charge in [-0.2, -0.15) is 5.10 Å². The number of halogens is 2. The van der Waals surface area contributed by atoms with Crippen LogP contribution < -0.4 is 10.7 Å². The number of aryl methyl sites for hydroxylation is 1. The molecule has 0 unspecified atom stereocenters. The van der Waals surface area contributed by atoms with Crippen LogP contribution in [0.5, 0.6) is 5.75 Å². The van der Waals surface area contributed by atoms with Crippen LogP contribution in [0.4, 0.5) is 5.69 Å². The smallest absolute Gasteiger partial charge is 0.291 e. The molecule has 0 radical (unpaired) electrons. The van der Waals surface area contributed by atoms with Gasteiger partial charge in [0.2, 0.25) is 0 Å². The van der Waals surface area contributed by atoms with E-state index in [1.54, 1.807) is 37.3 Å². The van der Waals surface area contributed by atoms with Crippen molar-refractivity contribution in [1.29, 1.82) is 0 Å². The second kappa shape index (κ2) is 9.06. The van der Waals surface area contributed by atoms with Crippen molar-refractivity contribution in [3.05, 3.63) is 80.7 Å². The lowest BCUT2D eigenvalue weighted by molar-refractivity contribution is 0.0950. The third kappa shape index (κ3) is 4.49. The van der Waals surface area contributed by atoms with Crippen LogP contribution in [0.3, 0.4) is 0 Å². The van der Waals surface area contributed by atoms with Crippen LogP contribution in [0, 0.1) is 6.92 Å². The maximum atomic E-state index is 12.8. The monoisotopic (exact) mass is 471 g/mol. The van der Waals surface area contributed by atoms with Gasteiger partial charge in [-0.3, -0.25) is 9.59 Å².